The molecule has 7 nitrogen and oxygen atoms in total. The molecule has 2 heterocycles. The van der Waals surface area contributed by atoms with E-state index in [1.54, 1.807) is 19.1 Å². The van der Waals surface area contributed by atoms with Crippen molar-refractivity contribution in [1.29, 1.82) is 0 Å². The number of rotatable bonds is 5. The molecule has 0 radical (unpaired) electrons. The number of hydrogen-bond acceptors (Lipinski definition) is 6. The minimum Gasteiger partial charge on any atom is -0.370 e. The Kier molecular flexibility index (Phi) is 4.07. The molecule has 2 rings (SSSR count). The molecule has 0 fully saturated rings. The summed E-state index contributed by atoms with van der Waals surface area (Å²) in [5.74, 6) is 1.26. The van der Waals surface area contributed by atoms with Crippen LogP contribution in [0.4, 0.5) is 11.6 Å². The van der Waals surface area contributed by atoms with E-state index in [0.29, 0.717) is 17.4 Å². The summed E-state index contributed by atoms with van der Waals surface area (Å²) < 4.78 is 4.87. The van der Waals surface area contributed by atoms with Crippen molar-refractivity contribution in [1.82, 2.24) is 15.1 Å². The van der Waals surface area contributed by atoms with Gasteiger partial charge < -0.3 is 15.2 Å². The Bertz CT molecular complexity index is 567. The van der Waals surface area contributed by atoms with Gasteiger partial charge in [0.1, 0.15) is 23.6 Å². The molecule has 0 atom stereocenters. The molecule has 1 amide bonds. The molecule has 100 valence electrons. The lowest BCUT2D eigenvalue weighted by atomic mass is 10.3. The SMILES string of the molecule is CCCNc1cc(C(=O)Nc2cc(C)on2)ncn1. The van der Waals surface area contributed by atoms with Gasteiger partial charge in [-0.2, -0.15) is 0 Å². The number of amides is 1. The lowest BCUT2D eigenvalue weighted by Crippen LogP contribution is -2.15. The van der Waals surface area contributed by atoms with Crippen LogP contribution in [0.1, 0.15) is 29.6 Å². The van der Waals surface area contributed by atoms with Crippen molar-refractivity contribution in [2.75, 3.05) is 17.2 Å². The fourth-order valence-corrected chi connectivity index (χ4v) is 1.44. The van der Waals surface area contributed by atoms with Crippen LogP contribution in [0.5, 0.6) is 0 Å². The molecule has 0 bridgehead atoms. The van der Waals surface area contributed by atoms with Gasteiger partial charge in [0.2, 0.25) is 0 Å². The zero-order chi connectivity index (χ0) is 13.7. The first-order valence-corrected chi connectivity index (χ1v) is 5.99. The summed E-state index contributed by atoms with van der Waals surface area (Å²) in [4.78, 5) is 19.9. The van der Waals surface area contributed by atoms with Crippen LogP contribution >= 0.6 is 0 Å². The van der Waals surface area contributed by atoms with Crippen LogP contribution in [0, 0.1) is 6.92 Å². The molecule has 2 aromatic rings. The highest BCUT2D eigenvalue weighted by Crippen LogP contribution is 2.10. The topological polar surface area (TPSA) is 92.9 Å². The first-order chi connectivity index (χ1) is 9.19. The van der Waals surface area contributed by atoms with Gasteiger partial charge in [0.25, 0.3) is 5.91 Å². The zero-order valence-electron chi connectivity index (χ0n) is 10.8. The monoisotopic (exact) mass is 261 g/mol. The molecule has 0 unspecified atom stereocenters. The van der Waals surface area contributed by atoms with E-state index in [1.807, 2.05) is 0 Å². The number of aromatic nitrogens is 3. The van der Waals surface area contributed by atoms with Crippen LogP contribution in [0.25, 0.3) is 0 Å². The smallest absolute Gasteiger partial charge is 0.275 e. The number of nitrogens with zero attached hydrogens (tertiary/aromatic N) is 3. The Labute approximate surface area is 110 Å². The summed E-state index contributed by atoms with van der Waals surface area (Å²) in [6.45, 7) is 4.59. The normalized spacial score (nSPS) is 10.2. The van der Waals surface area contributed by atoms with Crippen LogP contribution in [0.2, 0.25) is 0 Å². The van der Waals surface area contributed by atoms with Crippen molar-refractivity contribution in [2.24, 2.45) is 0 Å². The van der Waals surface area contributed by atoms with Crippen molar-refractivity contribution < 1.29 is 9.32 Å². The van der Waals surface area contributed by atoms with Crippen molar-refractivity contribution in [2.45, 2.75) is 20.3 Å². The third-order valence-electron chi connectivity index (χ3n) is 2.33. The fourth-order valence-electron chi connectivity index (χ4n) is 1.44. The first kappa shape index (κ1) is 13.0. The van der Waals surface area contributed by atoms with Crippen molar-refractivity contribution >= 4 is 17.5 Å². The van der Waals surface area contributed by atoms with Gasteiger partial charge >= 0.3 is 0 Å². The van der Waals surface area contributed by atoms with Gasteiger partial charge in [0.05, 0.1) is 0 Å². The summed E-state index contributed by atoms with van der Waals surface area (Å²) >= 11 is 0. The Morgan fingerprint density at radius 1 is 1.32 bits per heavy atom. The largest absolute Gasteiger partial charge is 0.370 e. The predicted molar refractivity (Wildman–Crippen MR) is 70.0 cm³/mol. The third kappa shape index (κ3) is 3.51. The number of nitrogens with one attached hydrogen (secondary N) is 2. The van der Waals surface area contributed by atoms with Crippen LogP contribution in [-0.2, 0) is 0 Å². The van der Waals surface area contributed by atoms with Gasteiger partial charge in [-0.15, -0.1) is 0 Å². The molecule has 7 heteroatoms. The third-order valence-corrected chi connectivity index (χ3v) is 2.33. The number of aryl methyl sites for hydroxylation is 1. The predicted octanol–water partition coefficient (Wildman–Crippen LogP) is 1.85. The maximum Gasteiger partial charge on any atom is 0.275 e. The average Bonchev–Trinajstić information content (AvgIpc) is 2.82. The van der Waals surface area contributed by atoms with Crippen molar-refractivity contribution in [3.05, 3.63) is 29.9 Å². The molecule has 0 aliphatic heterocycles. The second-order valence-corrected chi connectivity index (χ2v) is 3.99. The maximum absolute atomic E-state index is 11.9. The highest BCUT2D eigenvalue weighted by molar-refractivity contribution is 6.02. The molecule has 0 aromatic carbocycles. The number of carbonyl (C=O) groups is 1. The van der Waals surface area contributed by atoms with E-state index < -0.39 is 0 Å². The summed E-state index contributed by atoms with van der Waals surface area (Å²) in [6, 6.07) is 3.23. The summed E-state index contributed by atoms with van der Waals surface area (Å²) in [7, 11) is 0. The first-order valence-electron chi connectivity index (χ1n) is 5.99. The van der Waals surface area contributed by atoms with Crippen LogP contribution in [0.15, 0.2) is 23.0 Å². The zero-order valence-corrected chi connectivity index (χ0v) is 10.8. The van der Waals surface area contributed by atoms with E-state index in [2.05, 4.69) is 32.7 Å². The second kappa shape index (κ2) is 5.94. The van der Waals surface area contributed by atoms with E-state index in [9.17, 15) is 4.79 Å². The summed E-state index contributed by atoms with van der Waals surface area (Å²) in [5, 5.41) is 9.38. The quantitative estimate of drug-likeness (QED) is 0.853. The summed E-state index contributed by atoms with van der Waals surface area (Å²) in [5.41, 5.74) is 0.272. The molecule has 2 aromatic heterocycles. The Balaban J connectivity index is 2.06. The fraction of sp³-hybridized carbons (Fsp3) is 0.333. The van der Waals surface area contributed by atoms with Crippen LogP contribution in [-0.4, -0.2) is 27.6 Å². The highest BCUT2D eigenvalue weighted by Gasteiger charge is 2.11. The molecule has 0 saturated carbocycles. The highest BCUT2D eigenvalue weighted by atomic mass is 16.5. The van der Waals surface area contributed by atoms with Gasteiger partial charge in [-0.05, 0) is 13.3 Å². The molecule has 2 N–H and O–H groups in total. The van der Waals surface area contributed by atoms with Crippen LogP contribution in [0.3, 0.4) is 0 Å². The van der Waals surface area contributed by atoms with E-state index in [1.165, 1.54) is 6.33 Å². The Hall–Kier alpha value is -2.44. The van der Waals surface area contributed by atoms with Gasteiger partial charge in [0, 0.05) is 18.7 Å². The molecule has 0 spiro atoms. The molecular weight excluding hydrogens is 246 g/mol. The Morgan fingerprint density at radius 2 is 2.16 bits per heavy atom. The van der Waals surface area contributed by atoms with E-state index in [-0.39, 0.29) is 11.6 Å². The van der Waals surface area contributed by atoms with E-state index in [4.69, 9.17) is 4.52 Å². The van der Waals surface area contributed by atoms with Gasteiger partial charge in [-0.3, -0.25) is 4.79 Å². The van der Waals surface area contributed by atoms with E-state index in [0.717, 1.165) is 13.0 Å². The Morgan fingerprint density at radius 3 is 2.84 bits per heavy atom. The lowest BCUT2D eigenvalue weighted by molar-refractivity contribution is 0.102. The number of anilines is 2. The van der Waals surface area contributed by atoms with Crippen LogP contribution < -0.4 is 10.6 Å². The number of hydrogen-bond donors (Lipinski definition) is 2. The van der Waals surface area contributed by atoms with Gasteiger partial charge in [-0.1, -0.05) is 12.1 Å². The average molecular weight is 261 g/mol. The molecule has 0 saturated heterocycles. The molecular formula is C12H15N5O2. The molecule has 0 aliphatic carbocycles. The van der Waals surface area contributed by atoms with E-state index >= 15 is 0 Å². The van der Waals surface area contributed by atoms with Crippen molar-refractivity contribution in [3.63, 3.8) is 0 Å². The van der Waals surface area contributed by atoms with Gasteiger partial charge in [-0.25, -0.2) is 9.97 Å². The van der Waals surface area contributed by atoms with Gasteiger partial charge in [0.15, 0.2) is 5.82 Å². The minimum atomic E-state index is -0.352. The van der Waals surface area contributed by atoms with Crippen molar-refractivity contribution in [3.8, 4) is 0 Å². The standard InChI is InChI=1S/C12H15N5O2/c1-3-4-13-10-6-9(14-7-15-10)12(18)16-11-5-8(2)19-17-11/h5-7H,3-4H2,1-2H3,(H,13,14,15)(H,16,17,18). The molecule has 0 aliphatic rings. The second-order valence-electron chi connectivity index (χ2n) is 3.99. The summed E-state index contributed by atoms with van der Waals surface area (Å²) in [6.07, 6.45) is 2.32. The minimum absolute atomic E-state index is 0.272. The number of carbonyl (C=O) groups excluding carboxylic acids is 1. The maximum atomic E-state index is 11.9. The molecule has 19 heavy (non-hydrogen) atoms. The lowest BCUT2D eigenvalue weighted by Gasteiger charge is -2.05.